The van der Waals surface area contributed by atoms with Gasteiger partial charge in [0.15, 0.2) is 0 Å². The molecule has 0 radical (unpaired) electrons. The topological polar surface area (TPSA) is 56.8 Å². The Balaban J connectivity index is 2.12. The van der Waals surface area contributed by atoms with Crippen LogP contribution in [-0.4, -0.2) is 69.4 Å². The molecule has 0 bridgehead atoms. The third-order valence-electron chi connectivity index (χ3n) is 3.85. The van der Waals surface area contributed by atoms with Gasteiger partial charge in [-0.15, -0.1) is 0 Å². The van der Waals surface area contributed by atoms with Crippen molar-refractivity contribution in [2.24, 2.45) is 5.92 Å². The van der Waals surface area contributed by atoms with Crippen LogP contribution in [0.15, 0.2) is 23.2 Å². The van der Waals surface area contributed by atoms with Crippen LogP contribution in [0.2, 0.25) is 0 Å². The molecule has 1 aliphatic heterocycles. The molecular weight excluding hydrogens is 300 g/mol. The molecule has 0 saturated carbocycles. The van der Waals surface area contributed by atoms with Crippen LogP contribution in [0, 0.1) is 5.92 Å². The van der Waals surface area contributed by atoms with Gasteiger partial charge >= 0.3 is 0 Å². The number of likely N-dealkylation sites (N-methyl/N-ethyl adjacent to an activating group) is 1. The summed E-state index contributed by atoms with van der Waals surface area (Å²) in [5, 5.41) is 0. The van der Waals surface area contributed by atoms with E-state index in [1.807, 2.05) is 19.0 Å². The molecule has 7 heteroatoms. The smallest absolute Gasteiger partial charge is 0.244 e. The SMILES string of the molecule is CC(C)CN(C)c1ccc(S(=O)(=O)N2CCN(C)CC2)cn1. The van der Waals surface area contributed by atoms with Crippen LogP contribution in [0.1, 0.15) is 13.8 Å². The maximum Gasteiger partial charge on any atom is 0.244 e. The number of hydrogen-bond acceptors (Lipinski definition) is 5. The molecule has 0 amide bonds. The highest BCUT2D eigenvalue weighted by atomic mass is 32.2. The van der Waals surface area contributed by atoms with Gasteiger partial charge in [-0.05, 0) is 25.1 Å². The summed E-state index contributed by atoms with van der Waals surface area (Å²) in [5.74, 6) is 1.33. The lowest BCUT2D eigenvalue weighted by atomic mass is 10.2. The van der Waals surface area contributed by atoms with Gasteiger partial charge in [-0.1, -0.05) is 13.8 Å². The summed E-state index contributed by atoms with van der Waals surface area (Å²) < 4.78 is 26.8. The van der Waals surface area contributed by atoms with Gasteiger partial charge in [0.2, 0.25) is 10.0 Å². The van der Waals surface area contributed by atoms with Gasteiger partial charge in [-0.25, -0.2) is 13.4 Å². The zero-order chi connectivity index (χ0) is 16.3. The second-order valence-electron chi connectivity index (χ2n) is 6.33. The fourth-order valence-electron chi connectivity index (χ4n) is 2.57. The van der Waals surface area contributed by atoms with Gasteiger partial charge in [0.25, 0.3) is 0 Å². The third kappa shape index (κ3) is 3.97. The Labute approximate surface area is 133 Å². The van der Waals surface area contributed by atoms with Gasteiger partial charge in [-0.3, -0.25) is 0 Å². The van der Waals surface area contributed by atoms with E-state index < -0.39 is 10.0 Å². The maximum atomic E-state index is 12.6. The highest BCUT2D eigenvalue weighted by Gasteiger charge is 2.27. The largest absolute Gasteiger partial charge is 0.359 e. The van der Waals surface area contributed by atoms with Crippen LogP contribution in [-0.2, 0) is 10.0 Å². The molecule has 22 heavy (non-hydrogen) atoms. The second kappa shape index (κ2) is 6.93. The summed E-state index contributed by atoms with van der Waals surface area (Å²) >= 11 is 0. The highest BCUT2D eigenvalue weighted by Crippen LogP contribution is 2.19. The number of nitrogens with zero attached hydrogens (tertiary/aromatic N) is 4. The van der Waals surface area contributed by atoms with E-state index >= 15 is 0 Å². The zero-order valence-electron chi connectivity index (χ0n) is 13.9. The van der Waals surface area contributed by atoms with Crippen LogP contribution < -0.4 is 4.90 Å². The summed E-state index contributed by atoms with van der Waals surface area (Å²) in [7, 11) is 0.549. The minimum absolute atomic E-state index is 0.277. The Bertz CT molecular complexity index is 578. The molecule has 1 aliphatic rings. The number of hydrogen-bond donors (Lipinski definition) is 0. The summed E-state index contributed by atoms with van der Waals surface area (Å²) in [6.07, 6.45) is 1.47. The van der Waals surface area contributed by atoms with Gasteiger partial charge in [-0.2, -0.15) is 4.31 Å². The highest BCUT2D eigenvalue weighted by molar-refractivity contribution is 7.89. The number of sulfonamides is 1. The first-order chi connectivity index (χ1) is 10.3. The Morgan fingerprint density at radius 1 is 1.23 bits per heavy atom. The van der Waals surface area contributed by atoms with Crippen molar-refractivity contribution in [2.45, 2.75) is 18.7 Å². The van der Waals surface area contributed by atoms with Crippen molar-refractivity contribution >= 4 is 15.8 Å². The van der Waals surface area contributed by atoms with E-state index in [-0.39, 0.29) is 4.90 Å². The Morgan fingerprint density at radius 2 is 1.86 bits per heavy atom. The average molecular weight is 326 g/mol. The van der Waals surface area contributed by atoms with Crippen LogP contribution in [0.3, 0.4) is 0 Å². The van der Waals surface area contributed by atoms with Crippen LogP contribution in [0.5, 0.6) is 0 Å². The molecule has 0 spiro atoms. The van der Waals surface area contributed by atoms with E-state index in [1.165, 1.54) is 6.20 Å². The molecule has 1 aromatic heterocycles. The van der Waals surface area contributed by atoms with Crippen molar-refractivity contribution in [1.82, 2.24) is 14.2 Å². The van der Waals surface area contributed by atoms with Crippen LogP contribution >= 0.6 is 0 Å². The predicted molar refractivity (Wildman–Crippen MR) is 88.6 cm³/mol. The van der Waals surface area contributed by atoms with Crippen molar-refractivity contribution in [3.8, 4) is 0 Å². The molecule has 1 fully saturated rings. The summed E-state index contributed by atoms with van der Waals surface area (Å²) in [6, 6.07) is 3.44. The molecule has 0 atom stereocenters. The Hall–Kier alpha value is -1.18. The van der Waals surface area contributed by atoms with Crippen molar-refractivity contribution in [3.05, 3.63) is 18.3 Å². The minimum Gasteiger partial charge on any atom is -0.359 e. The van der Waals surface area contributed by atoms with E-state index in [2.05, 4.69) is 23.7 Å². The minimum atomic E-state index is -3.43. The average Bonchev–Trinajstić information content (AvgIpc) is 2.47. The number of rotatable bonds is 5. The van der Waals surface area contributed by atoms with Gasteiger partial charge in [0.05, 0.1) is 0 Å². The summed E-state index contributed by atoms with van der Waals surface area (Å²) in [4.78, 5) is 8.77. The predicted octanol–water partition coefficient (Wildman–Crippen LogP) is 1.11. The van der Waals surface area contributed by atoms with Crippen molar-refractivity contribution in [1.29, 1.82) is 0 Å². The normalized spacial score (nSPS) is 17.9. The lowest BCUT2D eigenvalue weighted by molar-refractivity contribution is 0.222. The van der Waals surface area contributed by atoms with E-state index in [1.54, 1.807) is 16.4 Å². The van der Waals surface area contributed by atoms with E-state index in [0.717, 1.165) is 25.5 Å². The zero-order valence-corrected chi connectivity index (χ0v) is 14.7. The lowest BCUT2D eigenvalue weighted by Crippen LogP contribution is -2.47. The third-order valence-corrected chi connectivity index (χ3v) is 5.73. The standard InChI is InChI=1S/C15H26N4O2S/c1-13(2)12-18(4)15-6-5-14(11-16-15)22(20,21)19-9-7-17(3)8-10-19/h5-6,11,13H,7-10,12H2,1-4H3. The molecule has 2 rings (SSSR count). The summed E-state index contributed by atoms with van der Waals surface area (Å²) in [5.41, 5.74) is 0. The van der Waals surface area contributed by atoms with Gasteiger partial charge in [0.1, 0.15) is 10.7 Å². The molecule has 2 heterocycles. The first-order valence-electron chi connectivity index (χ1n) is 7.66. The molecule has 1 aromatic rings. The fraction of sp³-hybridized carbons (Fsp3) is 0.667. The van der Waals surface area contributed by atoms with Gasteiger partial charge in [0, 0.05) is 46.0 Å². The molecule has 124 valence electrons. The lowest BCUT2D eigenvalue weighted by Gasteiger charge is -2.31. The van der Waals surface area contributed by atoms with E-state index in [4.69, 9.17) is 0 Å². The molecule has 0 N–H and O–H groups in total. The van der Waals surface area contributed by atoms with E-state index in [9.17, 15) is 8.42 Å². The number of aromatic nitrogens is 1. The van der Waals surface area contributed by atoms with Crippen molar-refractivity contribution in [2.75, 3.05) is 51.7 Å². The number of pyridine rings is 1. The second-order valence-corrected chi connectivity index (χ2v) is 8.27. The summed E-state index contributed by atoms with van der Waals surface area (Å²) in [6.45, 7) is 7.77. The fourth-order valence-corrected chi connectivity index (χ4v) is 3.94. The van der Waals surface area contributed by atoms with Crippen molar-refractivity contribution in [3.63, 3.8) is 0 Å². The quantitative estimate of drug-likeness (QED) is 0.811. The monoisotopic (exact) mass is 326 g/mol. The Kier molecular flexibility index (Phi) is 5.41. The van der Waals surface area contributed by atoms with Crippen LogP contribution in [0.25, 0.3) is 0 Å². The number of piperazine rings is 1. The first kappa shape index (κ1) is 17.2. The van der Waals surface area contributed by atoms with E-state index in [0.29, 0.717) is 19.0 Å². The maximum absolute atomic E-state index is 12.6. The first-order valence-corrected chi connectivity index (χ1v) is 9.10. The molecule has 1 saturated heterocycles. The molecule has 6 nitrogen and oxygen atoms in total. The number of anilines is 1. The molecule has 0 unspecified atom stereocenters. The van der Waals surface area contributed by atoms with Crippen molar-refractivity contribution < 1.29 is 8.42 Å². The molecule has 0 aromatic carbocycles. The van der Waals surface area contributed by atoms with Gasteiger partial charge < -0.3 is 9.80 Å². The molecule has 0 aliphatic carbocycles. The molecular formula is C15H26N4O2S. The van der Waals surface area contributed by atoms with Crippen LogP contribution in [0.4, 0.5) is 5.82 Å². The Morgan fingerprint density at radius 3 is 2.36 bits per heavy atom.